The fraction of sp³-hybridized carbons (Fsp3) is 0.500. The Kier molecular flexibility index (Phi) is 5.38. The maximum absolute atomic E-state index is 10.6. The molecule has 100 valence electrons. The van der Waals surface area contributed by atoms with E-state index in [2.05, 4.69) is 24.1 Å². The Morgan fingerprint density at radius 2 is 2.06 bits per heavy atom. The summed E-state index contributed by atoms with van der Waals surface area (Å²) in [7, 11) is 0. The van der Waals surface area contributed by atoms with Gasteiger partial charge in [0.15, 0.2) is 0 Å². The number of likely N-dealkylation sites (N-methyl/N-ethyl adjacent to an activating group) is 1. The summed E-state index contributed by atoms with van der Waals surface area (Å²) < 4.78 is 0. The molecule has 1 aromatic rings. The van der Waals surface area contributed by atoms with Gasteiger partial charge in [0.2, 0.25) is 0 Å². The summed E-state index contributed by atoms with van der Waals surface area (Å²) in [6.45, 7) is 7.93. The van der Waals surface area contributed by atoms with Crippen molar-refractivity contribution in [1.29, 1.82) is 0 Å². The van der Waals surface area contributed by atoms with Gasteiger partial charge in [0.1, 0.15) is 0 Å². The van der Waals surface area contributed by atoms with E-state index in [9.17, 15) is 10.1 Å². The Bertz CT molecular complexity index is 405. The maximum Gasteiger partial charge on any atom is 0.271 e. The van der Waals surface area contributed by atoms with E-state index in [1.54, 1.807) is 6.07 Å². The van der Waals surface area contributed by atoms with E-state index < -0.39 is 4.92 Å². The minimum atomic E-state index is -0.448. The average Bonchev–Trinajstić information content (AvgIpc) is 2.36. The Balaban J connectivity index is 2.55. The van der Waals surface area contributed by atoms with Crippen molar-refractivity contribution >= 4 is 17.1 Å². The normalized spacial score (nSPS) is 10.6. The van der Waals surface area contributed by atoms with E-state index in [0.717, 1.165) is 31.9 Å². The molecule has 0 radical (unpaired) electrons. The molecule has 0 unspecified atom stereocenters. The number of nitrogens with one attached hydrogen (secondary N) is 1. The van der Waals surface area contributed by atoms with Crippen LogP contribution in [-0.4, -0.2) is 36.0 Å². The molecule has 6 nitrogen and oxygen atoms in total. The predicted octanol–water partition coefficient (Wildman–Crippen LogP) is 1.93. The molecule has 0 amide bonds. The van der Waals surface area contributed by atoms with Gasteiger partial charge >= 0.3 is 0 Å². The third kappa shape index (κ3) is 3.89. The van der Waals surface area contributed by atoms with Crippen LogP contribution in [0.15, 0.2) is 18.2 Å². The lowest BCUT2D eigenvalue weighted by atomic mass is 10.2. The first-order valence-corrected chi connectivity index (χ1v) is 6.08. The number of nitrogens with zero attached hydrogens (tertiary/aromatic N) is 2. The summed E-state index contributed by atoms with van der Waals surface area (Å²) in [6.07, 6.45) is 0. The van der Waals surface area contributed by atoms with Crippen LogP contribution in [0.3, 0.4) is 0 Å². The van der Waals surface area contributed by atoms with Gasteiger partial charge in [-0.1, -0.05) is 13.8 Å². The van der Waals surface area contributed by atoms with E-state index >= 15 is 0 Å². The van der Waals surface area contributed by atoms with Gasteiger partial charge in [0.25, 0.3) is 5.69 Å². The van der Waals surface area contributed by atoms with Crippen LogP contribution in [0.4, 0.5) is 17.1 Å². The first kappa shape index (κ1) is 14.2. The molecule has 6 heteroatoms. The molecule has 18 heavy (non-hydrogen) atoms. The maximum atomic E-state index is 10.6. The second-order valence-corrected chi connectivity index (χ2v) is 3.98. The SMILES string of the molecule is CCN(CC)CCNc1ccc([N+](=O)[O-])cc1N. The molecule has 0 aliphatic rings. The lowest BCUT2D eigenvalue weighted by Gasteiger charge is -2.18. The molecule has 0 spiro atoms. The van der Waals surface area contributed by atoms with Crippen molar-refractivity contribution in [2.45, 2.75) is 13.8 Å². The quantitative estimate of drug-likeness (QED) is 0.440. The number of anilines is 2. The van der Waals surface area contributed by atoms with Gasteiger partial charge in [-0.3, -0.25) is 10.1 Å². The zero-order valence-corrected chi connectivity index (χ0v) is 10.8. The highest BCUT2D eigenvalue weighted by Crippen LogP contribution is 2.23. The molecule has 0 aromatic heterocycles. The fourth-order valence-electron chi connectivity index (χ4n) is 1.71. The number of nitrogen functional groups attached to an aromatic ring is 1. The monoisotopic (exact) mass is 252 g/mol. The van der Waals surface area contributed by atoms with Crippen LogP contribution in [-0.2, 0) is 0 Å². The number of nitrogens with two attached hydrogens (primary N) is 1. The summed E-state index contributed by atoms with van der Waals surface area (Å²) in [5, 5.41) is 13.8. The molecule has 0 atom stereocenters. The Labute approximate surface area is 107 Å². The van der Waals surface area contributed by atoms with Crippen LogP contribution in [0, 0.1) is 10.1 Å². The number of rotatable bonds is 7. The highest BCUT2D eigenvalue weighted by Gasteiger charge is 2.08. The third-order valence-corrected chi connectivity index (χ3v) is 2.88. The summed E-state index contributed by atoms with van der Waals surface area (Å²) in [6, 6.07) is 4.48. The van der Waals surface area contributed by atoms with Crippen LogP contribution in [0.5, 0.6) is 0 Å². The molecule has 0 saturated heterocycles. The van der Waals surface area contributed by atoms with Crippen LogP contribution >= 0.6 is 0 Å². The summed E-state index contributed by atoms with van der Waals surface area (Å²) in [5.74, 6) is 0. The molecule has 0 aliphatic heterocycles. The third-order valence-electron chi connectivity index (χ3n) is 2.88. The van der Waals surface area contributed by atoms with Crippen molar-refractivity contribution in [2.75, 3.05) is 37.2 Å². The zero-order valence-electron chi connectivity index (χ0n) is 10.8. The van der Waals surface area contributed by atoms with E-state index in [1.165, 1.54) is 12.1 Å². The number of benzene rings is 1. The molecule has 0 aliphatic carbocycles. The number of nitro benzene ring substituents is 1. The molecule has 0 heterocycles. The van der Waals surface area contributed by atoms with Gasteiger partial charge in [0, 0.05) is 25.2 Å². The summed E-state index contributed by atoms with van der Waals surface area (Å²) in [4.78, 5) is 12.4. The number of hydrogen-bond donors (Lipinski definition) is 2. The molecule has 0 fully saturated rings. The molecule has 3 N–H and O–H groups in total. The molecular weight excluding hydrogens is 232 g/mol. The zero-order chi connectivity index (χ0) is 13.5. The summed E-state index contributed by atoms with van der Waals surface area (Å²) in [5.41, 5.74) is 6.93. The van der Waals surface area contributed by atoms with Crippen molar-refractivity contribution in [3.05, 3.63) is 28.3 Å². The average molecular weight is 252 g/mol. The van der Waals surface area contributed by atoms with Crippen LogP contribution in [0.2, 0.25) is 0 Å². The van der Waals surface area contributed by atoms with Gasteiger partial charge in [-0.25, -0.2) is 0 Å². The number of nitro groups is 1. The van der Waals surface area contributed by atoms with Crippen molar-refractivity contribution in [3.8, 4) is 0 Å². The second-order valence-electron chi connectivity index (χ2n) is 3.98. The second kappa shape index (κ2) is 6.80. The van der Waals surface area contributed by atoms with Gasteiger partial charge in [-0.15, -0.1) is 0 Å². The highest BCUT2D eigenvalue weighted by atomic mass is 16.6. The lowest BCUT2D eigenvalue weighted by Crippen LogP contribution is -2.28. The fourth-order valence-corrected chi connectivity index (χ4v) is 1.71. The Morgan fingerprint density at radius 3 is 2.56 bits per heavy atom. The van der Waals surface area contributed by atoms with E-state index in [1.807, 2.05) is 0 Å². The van der Waals surface area contributed by atoms with Gasteiger partial charge in [0.05, 0.1) is 16.3 Å². The van der Waals surface area contributed by atoms with Gasteiger partial charge in [-0.05, 0) is 19.2 Å². The Morgan fingerprint density at radius 1 is 1.39 bits per heavy atom. The van der Waals surface area contributed by atoms with Crippen molar-refractivity contribution in [1.82, 2.24) is 4.90 Å². The van der Waals surface area contributed by atoms with E-state index in [-0.39, 0.29) is 5.69 Å². The Hall–Kier alpha value is -1.82. The highest BCUT2D eigenvalue weighted by molar-refractivity contribution is 5.69. The number of hydrogen-bond acceptors (Lipinski definition) is 5. The molecule has 0 bridgehead atoms. The smallest absolute Gasteiger partial charge is 0.271 e. The van der Waals surface area contributed by atoms with Crippen molar-refractivity contribution in [3.63, 3.8) is 0 Å². The first-order chi connectivity index (χ1) is 8.58. The largest absolute Gasteiger partial charge is 0.397 e. The van der Waals surface area contributed by atoms with Crippen molar-refractivity contribution < 1.29 is 4.92 Å². The minimum absolute atomic E-state index is 0.0155. The first-order valence-electron chi connectivity index (χ1n) is 6.08. The van der Waals surface area contributed by atoms with E-state index in [4.69, 9.17) is 5.73 Å². The van der Waals surface area contributed by atoms with Gasteiger partial charge in [-0.2, -0.15) is 0 Å². The van der Waals surface area contributed by atoms with Crippen LogP contribution in [0.25, 0.3) is 0 Å². The van der Waals surface area contributed by atoms with Crippen LogP contribution < -0.4 is 11.1 Å². The predicted molar refractivity (Wildman–Crippen MR) is 73.8 cm³/mol. The topological polar surface area (TPSA) is 84.4 Å². The summed E-state index contributed by atoms with van der Waals surface area (Å²) >= 11 is 0. The number of non-ortho nitro benzene ring substituents is 1. The lowest BCUT2D eigenvalue weighted by molar-refractivity contribution is -0.384. The van der Waals surface area contributed by atoms with Gasteiger partial charge < -0.3 is 16.0 Å². The molecule has 1 aromatic carbocycles. The standard InChI is InChI=1S/C12H20N4O2/c1-3-15(4-2)8-7-14-12-6-5-10(16(17)18)9-11(12)13/h5-6,9,14H,3-4,7-8,13H2,1-2H3. The van der Waals surface area contributed by atoms with Crippen molar-refractivity contribution in [2.24, 2.45) is 0 Å². The molecular formula is C12H20N4O2. The van der Waals surface area contributed by atoms with Crippen LogP contribution in [0.1, 0.15) is 13.8 Å². The molecule has 1 rings (SSSR count). The van der Waals surface area contributed by atoms with E-state index in [0.29, 0.717) is 5.69 Å². The minimum Gasteiger partial charge on any atom is -0.397 e. The molecule has 0 saturated carbocycles.